The number of halogens is 2. The van der Waals surface area contributed by atoms with Gasteiger partial charge in [-0.15, -0.1) is 0 Å². The van der Waals surface area contributed by atoms with Gasteiger partial charge in [0.05, 0.1) is 21.0 Å². The van der Waals surface area contributed by atoms with Gasteiger partial charge in [-0.2, -0.15) is 0 Å². The third-order valence-corrected chi connectivity index (χ3v) is 6.61. The number of esters is 1. The smallest absolute Gasteiger partial charge is 0.316 e. The van der Waals surface area contributed by atoms with Crippen molar-refractivity contribution in [3.05, 3.63) is 63.3 Å². The molecule has 34 heavy (non-hydrogen) atoms. The van der Waals surface area contributed by atoms with E-state index in [4.69, 9.17) is 32.7 Å². The maximum atomic E-state index is 13.7. The summed E-state index contributed by atoms with van der Waals surface area (Å²) >= 11 is 12.3. The quantitative estimate of drug-likeness (QED) is 0.402. The summed E-state index contributed by atoms with van der Waals surface area (Å²) in [7, 11) is 0. The van der Waals surface area contributed by atoms with Crippen LogP contribution in [0.5, 0.6) is 0 Å². The molecular weight excluding hydrogens is 471 g/mol. The molecule has 1 aliphatic heterocycles. The molecule has 4 nitrogen and oxygen atoms in total. The van der Waals surface area contributed by atoms with Gasteiger partial charge in [0, 0.05) is 0 Å². The number of ketones is 1. The summed E-state index contributed by atoms with van der Waals surface area (Å²) in [6.07, 6.45) is 0.670. The van der Waals surface area contributed by atoms with E-state index >= 15 is 0 Å². The van der Waals surface area contributed by atoms with Crippen molar-refractivity contribution in [2.75, 3.05) is 0 Å². The van der Waals surface area contributed by atoms with E-state index in [-0.39, 0.29) is 11.5 Å². The van der Waals surface area contributed by atoms with Crippen LogP contribution in [-0.2, 0) is 25.5 Å². The lowest BCUT2D eigenvalue weighted by Crippen LogP contribution is -2.50. The fourth-order valence-electron chi connectivity index (χ4n) is 4.09. The average molecular weight is 503 g/mol. The molecule has 2 aromatic rings. The molecule has 6 heteroatoms. The van der Waals surface area contributed by atoms with Gasteiger partial charge in [-0.1, -0.05) is 54.4 Å². The van der Waals surface area contributed by atoms with Crippen molar-refractivity contribution in [1.29, 1.82) is 0 Å². The second kappa shape index (κ2) is 9.14. The Hall–Kier alpha value is -2.14. The zero-order chi connectivity index (χ0) is 25.6. The van der Waals surface area contributed by atoms with Gasteiger partial charge < -0.3 is 9.47 Å². The van der Waals surface area contributed by atoms with Crippen molar-refractivity contribution in [3.8, 4) is 11.1 Å². The Balaban J connectivity index is 2.25. The number of Topliss-reactive ketones (excluding diaryl/α,β-unsaturated/α-hetero) is 1. The molecule has 2 aromatic carbocycles. The molecule has 0 unspecified atom stereocenters. The Morgan fingerprint density at radius 2 is 1.53 bits per heavy atom. The minimum atomic E-state index is -1.08. The molecule has 0 saturated carbocycles. The lowest BCUT2D eigenvalue weighted by Gasteiger charge is -2.42. The third-order valence-electron chi connectivity index (χ3n) is 5.87. The Labute approximate surface area is 212 Å². The molecule has 0 spiro atoms. The second-order valence-electron chi connectivity index (χ2n) is 10.6. The molecule has 3 rings (SSSR count). The molecule has 0 aliphatic carbocycles. The Bertz CT molecular complexity index is 1180. The van der Waals surface area contributed by atoms with E-state index in [1.165, 1.54) is 0 Å². The first-order valence-electron chi connectivity index (χ1n) is 11.4. The van der Waals surface area contributed by atoms with Crippen LogP contribution in [0.4, 0.5) is 0 Å². The molecule has 1 aliphatic rings. The van der Waals surface area contributed by atoms with Gasteiger partial charge >= 0.3 is 5.97 Å². The van der Waals surface area contributed by atoms with Crippen LogP contribution in [-0.4, -0.2) is 23.0 Å². The van der Waals surface area contributed by atoms with Crippen LogP contribution in [0.2, 0.25) is 10.0 Å². The normalized spacial score (nSPS) is 17.6. The van der Waals surface area contributed by atoms with Crippen LogP contribution in [0.25, 0.3) is 16.7 Å². The number of rotatable bonds is 4. The summed E-state index contributed by atoms with van der Waals surface area (Å²) in [4.78, 5) is 26.5. The Morgan fingerprint density at radius 1 is 0.941 bits per heavy atom. The van der Waals surface area contributed by atoms with Crippen molar-refractivity contribution in [2.45, 2.75) is 73.0 Å². The largest absolute Gasteiger partial charge is 0.427 e. The first-order chi connectivity index (χ1) is 15.6. The molecule has 0 amide bonds. The number of hydrogen-bond acceptors (Lipinski definition) is 4. The number of benzene rings is 2. The lowest BCUT2D eigenvalue weighted by atomic mass is 9.80. The summed E-state index contributed by atoms with van der Waals surface area (Å²) in [5.41, 5.74) is 1.13. The van der Waals surface area contributed by atoms with Gasteiger partial charge in [0.25, 0.3) is 0 Å². The zero-order valence-corrected chi connectivity index (χ0v) is 22.6. The van der Waals surface area contributed by atoms with Gasteiger partial charge in [-0.3, -0.25) is 9.59 Å². The topological polar surface area (TPSA) is 52.6 Å². The lowest BCUT2D eigenvalue weighted by molar-refractivity contribution is -0.169. The van der Waals surface area contributed by atoms with E-state index in [1.807, 2.05) is 51.1 Å². The highest BCUT2D eigenvalue weighted by atomic mass is 35.5. The van der Waals surface area contributed by atoms with Crippen molar-refractivity contribution < 1.29 is 19.1 Å². The predicted octanol–water partition coefficient (Wildman–Crippen LogP) is 7.68. The standard InChI is InChI=1S/C28H32Cl2O4/c1-9-16-14-17(18-11-13-20(29)21(30)15-18)10-12-19(16)22-23(31)27(5,6)34-28(7,8)24(22)33-25(32)26(2,3)4/h10-15H,9H2,1-8H3. The summed E-state index contributed by atoms with van der Waals surface area (Å²) in [6.45, 7) is 14.5. The van der Waals surface area contributed by atoms with E-state index < -0.39 is 22.6 Å². The highest BCUT2D eigenvalue weighted by Gasteiger charge is 2.49. The predicted molar refractivity (Wildman–Crippen MR) is 138 cm³/mol. The van der Waals surface area contributed by atoms with Crippen LogP contribution in [0.3, 0.4) is 0 Å². The van der Waals surface area contributed by atoms with Gasteiger partial charge in [0.1, 0.15) is 11.2 Å². The van der Waals surface area contributed by atoms with Crippen molar-refractivity contribution >= 4 is 40.5 Å². The fraction of sp³-hybridized carbons (Fsp3) is 0.429. The SMILES string of the molecule is CCc1cc(-c2ccc(Cl)c(Cl)c2)ccc1C1=C(OC(=O)C(C)(C)C)C(C)(C)OC(C)(C)C1=O. The van der Waals surface area contributed by atoms with E-state index in [0.29, 0.717) is 22.0 Å². The maximum absolute atomic E-state index is 13.7. The van der Waals surface area contributed by atoms with Crippen molar-refractivity contribution in [1.82, 2.24) is 0 Å². The third kappa shape index (κ3) is 5.10. The van der Waals surface area contributed by atoms with Crippen LogP contribution in [0.15, 0.2) is 42.2 Å². The van der Waals surface area contributed by atoms with E-state index in [0.717, 1.165) is 22.3 Å². The number of carbonyl (C=O) groups excluding carboxylic acids is 2. The molecule has 0 N–H and O–H groups in total. The van der Waals surface area contributed by atoms with Crippen LogP contribution < -0.4 is 0 Å². The summed E-state index contributed by atoms with van der Waals surface area (Å²) in [5, 5.41) is 0.967. The van der Waals surface area contributed by atoms with E-state index in [1.54, 1.807) is 40.7 Å². The molecular formula is C28H32Cl2O4. The molecule has 0 aromatic heterocycles. The monoisotopic (exact) mass is 502 g/mol. The zero-order valence-electron chi connectivity index (χ0n) is 21.1. The van der Waals surface area contributed by atoms with Gasteiger partial charge in [-0.25, -0.2) is 0 Å². The second-order valence-corrected chi connectivity index (χ2v) is 11.5. The molecule has 1 heterocycles. The highest BCUT2D eigenvalue weighted by Crippen LogP contribution is 2.44. The number of carbonyl (C=O) groups is 2. The van der Waals surface area contributed by atoms with Crippen LogP contribution >= 0.6 is 23.2 Å². The van der Waals surface area contributed by atoms with Crippen LogP contribution in [0.1, 0.15) is 66.5 Å². The number of hydrogen-bond donors (Lipinski definition) is 0. The average Bonchev–Trinajstić information content (AvgIpc) is 2.72. The Morgan fingerprint density at radius 3 is 2.09 bits per heavy atom. The van der Waals surface area contributed by atoms with Gasteiger partial charge in [0.15, 0.2) is 11.5 Å². The molecule has 0 fully saturated rings. The van der Waals surface area contributed by atoms with Gasteiger partial charge in [-0.05, 0) is 89.3 Å². The van der Waals surface area contributed by atoms with Crippen molar-refractivity contribution in [3.63, 3.8) is 0 Å². The summed E-state index contributed by atoms with van der Waals surface area (Å²) in [5.74, 6) is -0.399. The summed E-state index contributed by atoms with van der Waals surface area (Å²) in [6, 6.07) is 11.4. The molecule has 182 valence electrons. The van der Waals surface area contributed by atoms with Crippen LogP contribution in [0, 0.1) is 5.41 Å². The molecule has 0 atom stereocenters. The minimum Gasteiger partial charge on any atom is -0.427 e. The van der Waals surface area contributed by atoms with E-state index in [9.17, 15) is 9.59 Å². The summed E-state index contributed by atoms with van der Waals surface area (Å²) < 4.78 is 12.0. The fourth-order valence-corrected chi connectivity index (χ4v) is 4.38. The Kier molecular flexibility index (Phi) is 7.12. The van der Waals surface area contributed by atoms with E-state index in [2.05, 4.69) is 0 Å². The molecule has 0 radical (unpaired) electrons. The maximum Gasteiger partial charge on any atom is 0.316 e. The first-order valence-corrected chi connectivity index (χ1v) is 12.1. The van der Waals surface area contributed by atoms with Crippen molar-refractivity contribution in [2.24, 2.45) is 5.41 Å². The number of aryl methyl sites for hydroxylation is 1. The molecule has 0 bridgehead atoms. The minimum absolute atomic E-state index is 0.222. The number of ether oxygens (including phenoxy) is 2. The molecule has 0 saturated heterocycles. The first kappa shape index (κ1) is 26.5. The van der Waals surface area contributed by atoms with Gasteiger partial charge in [0.2, 0.25) is 0 Å². The highest BCUT2D eigenvalue weighted by molar-refractivity contribution is 6.42.